The quantitative estimate of drug-likeness (QED) is 0.850. The molecular weight excluding hydrogens is 306 g/mol. The number of piperidine rings is 1. The van der Waals surface area contributed by atoms with E-state index in [1.165, 1.54) is 7.05 Å². The van der Waals surface area contributed by atoms with Crippen LogP contribution in [-0.2, 0) is 9.59 Å². The molecule has 0 bridgehead atoms. The number of carbonyl (C=O) groups excluding carboxylic acids is 2. The van der Waals surface area contributed by atoms with Crippen molar-refractivity contribution in [3.8, 4) is 0 Å². The summed E-state index contributed by atoms with van der Waals surface area (Å²) in [6.45, 7) is 1.63. The largest absolute Gasteiger partial charge is 0.360 e. The van der Waals surface area contributed by atoms with Crippen LogP contribution in [0.1, 0.15) is 12.8 Å². The molecular formula is C17H23N5O2. The number of anilines is 1. The van der Waals surface area contributed by atoms with E-state index in [1.807, 2.05) is 30.1 Å². The number of aromatic nitrogens is 2. The number of hydrogen-bond donors (Lipinski definition) is 1. The molecule has 1 fully saturated rings. The summed E-state index contributed by atoms with van der Waals surface area (Å²) in [4.78, 5) is 29.6. The molecule has 1 aliphatic heterocycles. The van der Waals surface area contributed by atoms with E-state index in [4.69, 9.17) is 0 Å². The molecule has 2 heterocycles. The van der Waals surface area contributed by atoms with E-state index in [0.29, 0.717) is 19.3 Å². The summed E-state index contributed by atoms with van der Waals surface area (Å²) < 4.78 is 0. The molecule has 7 nitrogen and oxygen atoms in total. The number of amides is 2. The zero-order chi connectivity index (χ0) is 17.3. The number of rotatable bonds is 4. The third-order valence-corrected chi connectivity index (χ3v) is 5.14. The number of aromatic amines is 1. The van der Waals surface area contributed by atoms with Gasteiger partial charge in [0.15, 0.2) is 0 Å². The van der Waals surface area contributed by atoms with Crippen molar-refractivity contribution in [2.45, 2.75) is 18.4 Å². The first kappa shape index (κ1) is 16.4. The van der Waals surface area contributed by atoms with Crippen LogP contribution in [0.4, 0.5) is 5.69 Å². The van der Waals surface area contributed by atoms with Gasteiger partial charge in [-0.05, 0) is 38.1 Å². The van der Waals surface area contributed by atoms with Gasteiger partial charge in [-0.3, -0.25) is 19.6 Å². The van der Waals surface area contributed by atoms with Gasteiger partial charge in [0.25, 0.3) is 5.91 Å². The van der Waals surface area contributed by atoms with Crippen molar-refractivity contribution >= 4 is 28.9 Å². The molecule has 2 aromatic rings. The Bertz CT molecular complexity index is 748. The first-order valence-electron chi connectivity index (χ1n) is 8.06. The highest BCUT2D eigenvalue weighted by atomic mass is 16.2. The van der Waals surface area contributed by atoms with Crippen LogP contribution in [0.2, 0.25) is 0 Å². The summed E-state index contributed by atoms with van der Waals surface area (Å²) >= 11 is 0. The average molecular weight is 329 g/mol. The molecule has 0 aliphatic carbocycles. The van der Waals surface area contributed by atoms with Crippen LogP contribution < -0.4 is 4.90 Å². The van der Waals surface area contributed by atoms with Crippen LogP contribution in [0.25, 0.3) is 10.9 Å². The van der Waals surface area contributed by atoms with Crippen molar-refractivity contribution in [2.24, 2.45) is 0 Å². The fourth-order valence-electron chi connectivity index (χ4n) is 3.44. The van der Waals surface area contributed by atoms with E-state index < -0.39 is 5.54 Å². The van der Waals surface area contributed by atoms with Crippen LogP contribution in [0.15, 0.2) is 24.4 Å². The third kappa shape index (κ3) is 2.65. The van der Waals surface area contributed by atoms with Crippen molar-refractivity contribution < 1.29 is 9.59 Å². The number of imide groups is 1. The molecule has 24 heavy (non-hydrogen) atoms. The number of nitrogens with zero attached hydrogens (tertiary/aromatic N) is 4. The van der Waals surface area contributed by atoms with Crippen molar-refractivity contribution in [2.75, 3.05) is 39.1 Å². The summed E-state index contributed by atoms with van der Waals surface area (Å²) in [5.74, 6) is -0.152. The van der Waals surface area contributed by atoms with Crippen LogP contribution in [0.5, 0.6) is 0 Å². The van der Waals surface area contributed by atoms with Gasteiger partial charge in [0, 0.05) is 38.3 Å². The highest BCUT2D eigenvalue weighted by Crippen LogP contribution is 2.34. The summed E-state index contributed by atoms with van der Waals surface area (Å²) in [7, 11) is 5.51. The van der Waals surface area contributed by atoms with Crippen molar-refractivity contribution in [1.29, 1.82) is 0 Å². The Hall–Kier alpha value is -2.41. The van der Waals surface area contributed by atoms with E-state index in [-0.39, 0.29) is 5.91 Å². The first-order valence-corrected chi connectivity index (χ1v) is 8.06. The van der Waals surface area contributed by atoms with Crippen molar-refractivity contribution in [3.05, 3.63) is 24.4 Å². The molecule has 128 valence electrons. The van der Waals surface area contributed by atoms with Gasteiger partial charge in [0.1, 0.15) is 5.54 Å². The third-order valence-electron chi connectivity index (χ3n) is 5.14. The van der Waals surface area contributed by atoms with Crippen molar-refractivity contribution in [1.82, 2.24) is 20.0 Å². The summed E-state index contributed by atoms with van der Waals surface area (Å²) in [5, 5.41) is 7.98. The molecule has 1 saturated heterocycles. The maximum absolute atomic E-state index is 13.0. The van der Waals surface area contributed by atoms with Crippen LogP contribution >= 0.6 is 0 Å². The fourth-order valence-corrected chi connectivity index (χ4v) is 3.44. The van der Waals surface area contributed by atoms with Gasteiger partial charge in [-0.1, -0.05) is 0 Å². The Kier molecular flexibility index (Phi) is 4.28. The number of likely N-dealkylation sites (tertiary alicyclic amines) is 1. The van der Waals surface area contributed by atoms with Gasteiger partial charge in [0.05, 0.1) is 11.7 Å². The number of H-pyrrole nitrogens is 1. The molecule has 0 atom stereocenters. The molecule has 0 saturated carbocycles. The Morgan fingerprint density at radius 3 is 2.71 bits per heavy atom. The van der Waals surface area contributed by atoms with E-state index >= 15 is 0 Å². The predicted octanol–water partition coefficient (Wildman–Crippen LogP) is 1.08. The fraction of sp³-hybridized carbons (Fsp3) is 0.471. The first-order chi connectivity index (χ1) is 11.5. The van der Waals surface area contributed by atoms with Gasteiger partial charge in [0.2, 0.25) is 6.41 Å². The smallest absolute Gasteiger partial charge is 0.254 e. The molecule has 1 N–H and O–H groups in total. The second-order valence-corrected chi connectivity index (χ2v) is 6.56. The Labute approximate surface area is 141 Å². The van der Waals surface area contributed by atoms with Crippen molar-refractivity contribution in [3.63, 3.8) is 0 Å². The molecule has 2 amide bonds. The standard InChI is InChI=1S/C17H23N5O2/c1-20-8-6-17(7-9-20,16(24)21(2)12-23)22(3)14-4-5-15-13(10-14)11-18-19-15/h4-5,10-12H,6-9H2,1-3H3,(H,18,19). The van der Waals surface area contributed by atoms with Gasteiger partial charge in [-0.15, -0.1) is 0 Å². The number of carbonyl (C=O) groups is 2. The topological polar surface area (TPSA) is 72.5 Å². The number of nitrogens with one attached hydrogen (secondary N) is 1. The van der Waals surface area contributed by atoms with E-state index in [0.717, 1.165) is 34.6 Å². The SMILES string of the molecule is CN1CCC(C(=O)N(C)C=O)(N(C)c2ccc3[nH]ncc3c2)CC1. The number of fused-ring (bicyclic) bond motifs is 1. The molecule has 0 unspecified atom stereocenters. The van der Waals surface area contributed by atoms with Crippen LogP contribution in [-0.4, -0.2) is 72.1 Å². The van der Waals surface area contributed by atoms with E-state index in [1.54, 1.807) is 6.20 Å². The van der Waals surface area contributed by atoms with E-state index in [2.05, 4.69) is 22.1 Å². The second kappa shape index (κ2) is 6.24. The number of likely N-dealkylation sites (N-methyl/N-ethyl adjacent to an activating group) is 2. The molecule has 0 radical (unpaired) electrons. The van der Waals surface area contributed by atoms with E-state index in [9.17, 15) is 9.59 Å². The van der Waals surface area contributed by atoms with Gasteiger partial charge in [-0.25, -0.2) is 0 Å². The van der Waals surface area contributed by atoms with Gasteiger partial charge >= 0.3 is 0 Å². The lowest BCUT2D eigenvalue weighted by Crippen LogP contribution is -2.62. The Morgan fingerprint density at radius 1 is 1.33 bits per heavy atom. The Balaban J connectivity index is 2.00. The molecule has 0 spiro atoms. The second-order valence-electron chi connectivity index (χ2n) is 6.56. The Morgan fingerprint density at radius 2 is 2.04 bits per heavy atom. The molecule has 1 aromatic heterocycles. The normalized spacial score (nSPS) is 17.6. The summed E-state index contributed by atoms with van der Waals surface area (Å²) in [5.41, 5.74) is 1.20. The molecule has 1 aromatic carbocycles. The lowest BCUT2D eigenvalue weighted by Gasteiger charge is -2.47. The average Bonchev–Trinajstić information content (AvgIpc) is 3.08. The number of benzene rings is 1. The maximum Gasteiger partial charge on any atom is 0.254 e. The molecule has 1 aliphatic rings. The highest BCUT2D eigenvalue weighted by molar-refractivity contribution is 5.96. The number of hydrogen-bond acceptors (Lipinski definition) is 5. The van der Waals surface area contributed by atoms with Crippen LogP contribution in [0.3, 0.4) is 0 Å². The molecule has 3 rings (SSSR count). The highest BCUT2D eigenvalue weighted by Gasteiger charge is 2.46. The summed E-state index contributed by atoms with van der Waals surface area (Å²) in [6, 6.07) is 5.96. The predicted molar refractivity (Wildman–Crippen MR) is 92.8 cm³/mol. The minimum atomic E-state index is -0.709. The molecule has 7 heteroatoms. The zero-order valence-electron chi connectivity index (χ0n) is 14.3. The van der Waals surface area contributed by atoms with Gasteiger partial charge in [-0.2, -0.15) is 5.10 Å². The zero-order valence-corrected chi connectivity index (χ0v) is 14.3. The minimum Gasteiger partial charge on any atom is -0.360 e. The van der Waals surface area contributed by atoms with Crippen LogP contribution in [0, 0.1) is 0 Å². The maximum atomic E-state index is 13.0. The lowest BCUT2D eigenvalue weighted by molar-refractivity contribution is -0.142. The monoisotopic (exact) mass is 329 g/mol. The lowest BCUT2D eigenvalue weighted by atomic mass is 9.84. The minimum absolute atomic E-state index is 0.152. The summed E-state index contributed by atoms with van der Waals surface area (Å²) in [6.07, 6.45) is 3.73. The van der Waals surface area contributed by atoms with Gasteiger partial charge < -0.3 is 9.80 Å².